The summed E-state index contributed by atoms with van der Waals surface area (Å²) in [6, 6.07) is 0. The first-order chi connectivity index (χ1) is 10.7. The van der Waals surface area contributed by atoms with Gasteiger partial charge in [0.25, 0.3) is 0 Å². The first kappa shape index (κ1) is 20.9. The van der Waals surface area contributed by atoms with Crippen LogP contribution in [0.25, 0.3) is 0 Å². The summed E-state index contributed by atoms with van der Waals surface area (Å²) in [6.45, 7) is 1.54. The Kier molecular flexibility index (Phi) is 15.4. The third-order valence-electron chi connectivity index (χ3n) is 3.31. The third kappa shape index (κ3) is 13.8. The molecule has 0 bridgehead atoms. The molecule has 0 saturated carbocycles. The molecule has 4 nitrogen and oxygen atoms in total. The smallest absolute Gasteiger partial charge is 0.306 e. The fraction of sp³-hybridized carbons (Fsp3) is 0.722. The van der Waals surface area contributed by atoms with Crippen LogP contribution in [0.1, 0.15) is 64.7 Å². The molecule has 0 rings (SSSR count). The quantitative estimate of drug-likeness (QED) is 0.292. The van der Waals surface area contributed by atoms with Gasteiger partial charge in [-0.3, -0.25) is 4.79 Å². The van der Waals surface area contributed by atoms with E-state index in [1.54, 1.807) is 0 Å². The maximum atomic E-state index is 11.4. The highest BCUT2D eigenvalue weighted by atomic mass is 16.6. The average Bonchev–Trinajstić information content (AvgIpc) is 2.53. The largest absolute Gasteiger partial charge is 0.457 e. The first-order valence-electron chi connectivity index (χ1n) is 8.47. The van der Waals surface area contributed by atoms with Crippen LogP contribution in [0.15, 0.2) is 24.3 Å². The van der Waals surface area contributed by atoms with Crippen LogP contribution in [0.5, 0.6) is 0 Å². The highest BCUT2D eigenvalue weighted by molar-refractivity contribution is 5.69. The fourth-order valence-corrected chi connectivity index (χ4v) is 1.96. The molecule has 0 fully saturated rings. The van der Waals surface area contributed by atoms with Gasteiger partial charge in [-0.25, -0.2) is 0 Å². The van der Waals surface area contributed by atoms with Crippen molar-refractivity contribution >= 4 is 5.97 Å². The molecule has 4 heteroatoms. The summed E-state index contributed by atoms with van der Waals surface area (Å²) in [5.41, 5.74) is 0. The van der Waals surface area contributed by atoms with Crippen LogP contribution in [0, 0.1) is 0 Å². The Morgan fingerprint density at radius 2 is 1.55 bits per heavy atom. The number of carbonyl (C=O) groups excluding carboxylic acids is 1. The molecule has 0 atom stereocenters. The van der Waals surface area contributed by atoms with E-state index in [2.05, 4.69) is 19.1 Å². The number of rotatable bonds is 14. The summed E-state index contributed by atoms with van der Waals surface area (Å²) >= 11 is 0. The Hall–Kier alpha value is -1.13. The minimum absolute atomic E-state index is 0.308. The van der Waals surface area contributed by atoms with Crippen molar-refractivity contribution in [1.29, 1.82) is 0 Å². The molecule has 0 unspecified atom stereocenters. The van der Waals surface area contributed by atoms with E-state index in [0.29, 0.717) is 12.8 Å². The summed E-state index contributed by atoms with van der Waals surface area (Å²) in [6.07, 6.45) is 17.0. The van der Waals surface area contributed by atoms with Gasteiger partial charge in [-0.2, -0.15) is 0 Å². The number of hydrogen-bond donors (Lipinski definition) is 2. The minimum Gasteiger partial charge on any atom is -0.457 e. The van der Waals surface area contributed by atoms with Gasteiger partial charge in [0.05, 0.1) is 13.2 Å². The SMILES string of the molecule is CCCCCCCC=CC=CCCCC(=O)OC(CO)CO. The Labute approximate surface area is 134 Å². The lowest BCUT2D eigenvalue weighted by atomic mass is 10.1. The fourth-order valence-electron chi connectivity index (χ4n) is 1.96. The van der Waals surface area contributed by atoms with Gasteiger partial charge in [-0.15, -0.1) is 0 Å². The molecule has 0 aliphatic heterocycles. The van der Waals surface area contributed by atoms with Gasteiger partial charge in [-0.1, -0.05) is 56.9 Å². The molecule has 0 radical (unpaired) electrons. The zero-order valence-corrected chi connectivity index (χ0v) is 13.9. The zero-order chi connectivity index (χ0) is 16.5. The molecule has 0 aliphatic rings. The number of aliphatic hydroxyl groups is 2. The molecule has 0 saturated heterocycles. The van der Waals surface area contributed by atoms with E-state index in [1.807, 2.05) is 12.2 Å². The molecule has 0 aliphatic carbocycles. The van der Waals surface area contributed by atoms with Crippen molar-refractivity contribution in [3.05, 3.63) is 24.3 Å². The van der Waals surface area contributed by atoms with Crippen LogP contribution in [0.2, 0.25) is 0 Å². The van der Waals surface area contributed by atoms with Crippen LogP contribution >= 0.6 is 0 Å². The van der Waals surface area contributed by atoms with Crippen LogP contribution in [0.3, 0.4) is 0 Å². The summed E-state index contributed by atoms with van der Waals surface area (Å²) in [5, 5.41) is 17.6. The van der Waals surface area contributed by atoms with Crippen LogP contribution < -0.4 is 0 Å². The van der Waals surface area contributed by atoms with Crippen molar-refractivity contribution in [2.45, 2.75) is 70.8 Å². The van der Waals surface area contributed by atoms with Crippen LogP contribution in [-0.4, -0.2) is 35.5 Å². The molecule has 2 N–H and O–H groups in total. The summed E-state index contributed by atoms with van der Waals surface area (Å²) in [4.78, 5) is 11.4. The van der Waals surface area contributed by atoms with E-state index in [0.717, 1.165) is 12.8 Å². The lowest BCUT2D eigenvalue weighted by Crippen LogP contribution is -2.25. The maximum Gasteiger partial charge on any atom is 0.306 e. The van der Waals surface area contributed by atoms with Gasteiger partial charge in [0.1, 0.15) is 6.10 Å². The molecule has 0 spiro atoms. The Morgan fingerprint density at radius 3 is 2.14 bits per heavy atom. The van der Waals surface area contributed by atoms with E-state index in [1.165, 1.54) is 32.1 Å². The summed E-state index contributed by atoms with van der Waals surface area (Å²) in [5.74, 6) is -0.371. The van der Waals surface area contributed by atoms with Gasteiger partial charge in [-0.05, 0) is 25.7 Å². The molecular weight excluding hydrogens is 280 g/mol. The molecular formula is C18H32O4. The molecule has 0 heterocycles. The van der Waals surface area contributed by atoms with Gasteiger partial charge in [0.15, 0.2) is 0 Å². The van der Waals surface area contributed by atoms with E-state index in [-0.39, 0.29) is 19.2 Å². The van der Waals surface area contributed by atoms with Crippen molar-refractivity contribution < 1.29 is 19.7 Å². The molecule has 0 aromatic rings. The second-order valence-corrected chi connectivity index (χ2v) is 5.43. The Bertz CT molecular complexity index is 306. The minimum atomic E-state index is -0.789. The van der Waals surface area contributed by atoms with Crippen molar-refractivity contribution in [3.63, 3.8) is 0 Å². The number of esters is 1. The van der Waals surface area contributed by atoms with Gasteiger partial charge in [0.2, 0.25) is 0 Å². The number of aliphatic hydroxyl groups excluding tert-OH is 2. The molecule has 0 amide bonds. The maximum absolute atomic E-state index is 11.4. The monoisotopic (exact) mass is 312 g/mol. The number of ether oxygens (including phenoxy) is 1. The topological polar surface area (TPSA) is 66.8 Å². The van der Waals surface area contributed by atoms with E-state index < -0.39 is 6.10 Å². The highest BCUT2D eigenvalue weighted by Crippen LogP contribution is 2.05. The highest BCUT2D eigenvalue weighted by Gasteiger charge is 2.11. The first-order valence-corrected chi connectivity index (χ1v) is 8.47. The van der Waals surface area contributed by atoms with Crippen molar-refractivity contribution in [1.82, 2.24) is 0 Å². The number of allylic oxidation sites excluding steroid dienone is 4. The van der Waals surface area contributed by atoms with Crippen molar-refractivity contribution in [3.8, 4) is 0 Å². The number of hydrogen-bond acceptors (Lipinski definition) is 4. The summed E-state index contributed by atoms with van der Waals surface area (Å²) < 4.78 is 4.87. The van der Waals surface area contributed by atoms with Crippen LogP contribution in [-0.2, 0) is 9.53 Å². The molecule has 0 aromatic carbocycles. The van der Waals surface area contributed by atoms with Crippen molar-refractivity contribution in [2.75, 3.05) is 13.2 Å². The lowest BCUT2D eigenvalue weighted by molar-refractivity contribution is -0.153. The Balaban J connectivity index is 3.48. The third-order valence-corrected chi connectivity index (χ3v) is 3.31. The zero-order valence-electron chi connectivity index (χ0n) is 13.9. The predicted molar refractivity (Wildman–Crippen MR) is 89.6 cm³/mol. The Morgan fingerprint density at radius 1 is 0.955 bits per heavy atom. The van der Waals surface area contributed by atoms with Crippen LogP contribution in [0.4, 0.5) is 0 Å². The second-order valence-electron chi connectivity index (χ2n) is 5.43. The normalized spacial score (nSPS) is 11.8. The van der Waals surface area contributed by atoms with E-state index in [4.69, 9.17) is 14.9 Å². The molecule has 128 valence electrons. The van der Waals surface area contributed by atoms with E-state index in [9.17, 15) is 4.79 Å². The van der Waals surface area contributed by atoms with Gasteiger partial charge in [0, 0.05) is 6.42 Å². The molecule has 22 heavy (non-hydrogen) atoms. The standard InChI is InChI=1S/C18H32O4/c1-2-3-4-5-6-7-8-9-10-11-12-13-14-18(21)22-17(15-19)16-20/h8-11,17,19-20H,2-7,12-16H2,1H3. The number of carbonyl (C=O) groups is 1. The second kappa shape index (κ2) is 16.2. The average molecular weight is 312 g/mol. The number of unbranched alkanes of at least 4 members (excludes halogenated alkanes) is 6. The van der Waals surface area contributed by atoms with Gasteiger partial charge >= 0.3 is 5.97 Å². The predicted octanol–water partition coefficient (Wildman–Crippen LogP) is 3.53. The lowest BCUT2D eigenvalue weighted by Gasteiger charge is -2.11. The van der Waals surface area contributed by atoms with E-state index >= 15 is 0 Å². The molecule has 0 aromatic heterocycles. The summed E-state index contributed by atoms with van der Waals surface area (Å²) in [7, 11) is 0. The van der Waals surface area contributed by atoms with Crippen molar-refractivity contribution in [2.24, 2.45) is 0 Å². The van der Waals surface area contributed by atoms with Gasteiger partial charge < -0.3 is 14.9 Å².